The highest BCUT2D eigenvalue weighted by molar-refractivity contribution is 6.04. The zero-order valence-electron chi connectivity index (χ0n) is 19.3. The second-order valence-electron chi connectivity index (χ2n) is 8.07. The van der Waals surface area contributed by atoms with E-state index in [-0.39, 0.29) is 23.9 Å². The molecule has 0 heterocycles. The maximum atomic E-state index is 13.4. The van der Waals surface area contributed by atoms with Crippen molar-refractivity contribution in [2.45, 2.75) is 12.6 Å². The van der Waals surface area contributed by atoms with E-state index in [1.165, 1.54) is 18.2 Å². The van der Waals surface area contributed by atoms with Crippen LogP contribution in [0.1, 0.15) is 37.9 Å². The molecule has 4 rings (SSSR count). The lowest BCUT2D eigenvalue weighted by atomic mass is 10.0. The molecule has 0 bridgehead atoms. The van der Waals surface area contributed by atoms with E-state index >= 15 is 0 Å². The van der Waals surface area contributed by atoms with E-state index in [4.69, 9.17) is 0 Å². The Bertz CT molecular complexity index is 1360. The van der Waals surface area contributed by atoms with Crippen LogP contribution in [0.25, 0.3) is 0 Å². The lowest BCUT2D eigenvalue weighted by molar-refractivity contribution is -0.123. The summed E-state index contributed by atoms with van der Waals surface area (Å²) in [6, 6.07) is 29.2. The van der Waals surface area contributed by atoms with E-state index < -0.39 is 17.8 Å². The van der Waals surface area contributed by atoms with Gasteiger partial charge in [-0.25, -0.2) is 4.39 Å². The molecule has 0 radical (unpaired) electrons. The standard InChI is InChI=1S/C29H24FN3O3/c30-24-15-8-14-23(18-24)28(35)32-25-16-7-9-20(17-25)19-31-29(36)26(21-10-3-1-4-11-21)33-27(34)22-12-5-2-6-13-22/h1-18,26H,19H2,(H,31,36)(H,32,35)(H,33,34). The van der Waals surface area contributed by atoms with Crippen LogP contribution < -0.4 is 16.0 Å². The van der Waals surface area contributed by atoms with E-state index in [2.05, 4.69) is 16.0 Å². The van der Waals surface area contributed by atoms with Gasteiger partial charge in [0.05, 0.1) is 0 Å². The minimum Gasteiger partial charge on any atom is -0.350 e. The number of rotatable bonds is 8. The van der Waals surface area contributed by atoms with Gasteiger partial charge in [0.1, 0.15) is 11.9 Å². The Hall–Kier alpha value is -4.78. The first-order valence-corrected chi connectivity index (χ1v) is 11.3. The summed E-state index contributed by atoms with van der Waals surface area (Å²) in [5.74, 6) is -1.67. The number of carbonyl (C=O) groups excluding carboxylic acids is 3. The first kappa shape index (κ1) is 24.3. The van der Waals surface area contributed by atoms with Crippen molar-refractivity contribution in [3.63, 3.8) is 0 Å². The van der Waals surface area contributed by atoms with Crippen LogP contribution in [-0.4, -0.2) is 17.7 Å². The van der Waals surface area contributed by atoms with Gasteiger partial charge in [0.25, 0.3) is 11.8 Å². The maximum Gasteiger partial charge on any atom is 0.255 e. The average Bonchev–Trinajstić information content (AvgIpc) is 2.91. The Morgan fingerprint density at radius 1 is 0.694 bits per heavy atom. The molecule has 0 spiro atoms. The molecule has 0 saturated heterocycles. The number of benzene rings is 4. The molecule has 0 fully saturated rings. The quantitative estimate of drug-likeness (QED) is 0.336. The molecule has 3 amide bonds. The topological polar surface area (TPSA) is 87.3 Å². The fraction of sp³-hybridized carbons (Fsp3) is 0.0690. The molecular weight excluding hydrogens is 457 g/mol. The Kier molecular flexibility index (Phi) is 7.83. The fourth-order valence-corrected chi connectivity index (χ4v) is 3.63. The van der Waals surface area contributed by atoms with Gasteiger partial charge in [0, 0.05) is 23.4 Å². The van der Waals surface area contributed by atoms with Gasteiger partial charge in [0.2, 0.25) is 5.91 Å². The highest BCUT2D eigenvalue weighted by Crippen LogP contribution is 2.16. The average molecular weight is 482 g/mol. The second-order valence-corrected chi connectivity index (χ2v) is 8.07. The Labute approximate surface area is 208 Å². The summed E-state index contributed by atoms with van der Waals surface area (Å²) >= 11 is 0. The van der Waals surface area contributed by atoms with Crippen LogP contribution in [0.3, 0.4) is 0 Å². The minimum atomic E-state index is -0.894. The maximum absolute atomic E-state index is 13.4. The highest BCUT2D eigenvalue weighted by atomic mass is 19.1. The lowest BCUT2D eigenvalue weighted by Gasteiger charge is -2.19. The number of halogens is 1. The fourth-order valence-electron chi connectivity index (χ4n) is 3.63. The third kappa shape index (κ3) is 6.42. The van der Waals surface area contributed by atoms with Gasteiger partial charge in [0.15, 0.2) is 0 Å². The van der Waals surface area contributed by atoms with Crippen LogP contribution in [0, 0.1) is 5.82 Å². The molecule has 0 aliphatic carbocycles. The molecule has 0 aliphatic rings. The van der Waals surface area contributed by atoms with Crippen LogP contribution in [0.5, 0.6) is 0 Å². The molecule has 6 nitrogen and oxygen atoms in total. The van der Waals surface area contributed by atoms with Crippen molar-refractivity contribution in [2.24, 2.45) is 0 Å². The van der Waals surface area contributed by atoms with Crippen LogP contribution in [0.4, 0.5) is 10.1 Å². The van der Waals surface area contributed by atoms with E-state index in [1.807, 2.05) is 12.1 Å². The number of anilines is 1. The third-order valence-corrected chi connectivity index (χ3v) is 5.44. The lowest BCUT2D eigenvalue weighted by Crippen LogP contribution is -2.40. The molecule has 3 N–H and O–H groups in total. The van der Waals surface area contributed by atoms with Crippen molar-refractivity contribution < 1.29 is 18.8 Å². The molecule has 4 aromatic rings. The van der Waals surface area contributed by atoms with E-state index in [0.29, 0.717) is 16.8 Å². The van der Waals surface area contributed by atoms with Gasteiger partial charge in [-0.2, -0.15) is 0 Å². The number of carbonyl (C=O) groups is 3. The highest BCUT2D eigenvalue weighted by Gasteiger charge is 2.23. The predicted octanol–water partition coefficient (Wildman–Crippen LogP) is 4.87. The summed E-state index contributed by atoms with van der Waals surface area (Å²) in [6.45, 7) is 0.174. The van der Waals surface area contributed by atoms with Crippen LogP contribution in [0.2, 0.25) is 0 Å². The number of hydrogen-bond acceptors (Lipinski definition) is 3. The Balaban J connectivity index is 1.43. The molecule has 180 valence electrons. The van der Waals surface area contributed by atoms with Crippen molar-refractivity contribution in [2.75, 3.05) is 5.32 Å². The van der Waals surface area contributed by atoms with Gasteiger partial charge in [-0.3, -0.25) is 14.4 Å². The van der Waals surface area contributed by atoms with E-state index in [1.54, 1.807) is 72.8 Å². The van der Waals surface area contributed by atoms with Gasteiger partial charge in [-0.15, -0.1) is 0 Å². The largest absolute Gasteiger partial charge is 0.350 e. The first-order valence-electron chi connectivity index (χ1n) is 11.3. The summed E-state index contributed by atoms with van der Waals surface area (Å²) in [5, 5.41) is 8.40. The third-order valence-electron chi connectivity index (χ3n) is 5.44. The van der Waals surface area contributed by atoms with Gasteiger partial charge in [-0.1, -0.05) is 66.7 Å². The van der Waals surface area contributed by atoms with Crippen LogP contribution >= 0.6 is 0 Å². The Morgan fingerprint density at radius 3 is 2.08 bits per heavy atom. The van der Waals surface area contributed by atoms with E-state index in [9.17, 15) is 18.8 Å². The molecule has 4 aromatic carbocycles. The normalized spacial score (nSPS) is 11.2. The monoisotopic (exact) mass is 481 g/mol. The van der Waals surface area contributed by atoms with Crippen molar-refractivity contribution in [1.29, 1.82) is 0 Å². The number of nitrogens with one attached hydrogen (secondary N) is 3. The van der Waals surface area contributed by atoms with Crippen molar-refractivity contribution in [3.8, 4) is 0 Å². The second kappa shape index (κ2) is 11.6. The molecule has 36 heavy (non-hydrogen) atoms. The molecule has 0 aromatic heterocycles. The minimum absolute atomic E-state index is 0.174. The van der Waals surface area contributed by atoms with Crippen molar-refractivity contribution in [1.82, 2.24) is 10.6 Å². The SMILES string of the molecule is O=C(Nc1cccc(CNC(=O)C(NC(=O)c2ccccc2)c2ccccc2)c1)c1cccc(F)c1. The molecular formula is C29H24FN3O3. The van der Waals surface area contributed by atoms with Gasteiger partial charge < -0.3 is 16.0 Å². The van der Waals surface area contributed by atoms with Gasteiger partial charge in [-0.05, 0) is 53.6 Å². The predicted molar refractivity (Wildman–Crippen MR) is 136 cm³/mol. The first-order chi connectivity index (χ1) is 17.5. The molecule has 1 atom stereocenters. The summed E-state index contributed by atoms with van der Waals surface area (Å²) in [6.07, 6.45) is 0. The molecule has 0 aliphatic heterocycles. The molecule has 1 unspecified atom stereocenters. The Morgan fingerprint density at radius 2 is 1.36 bits per heavy atom. The summed E-state index contributed by atoms with van der Waals surface area (Å²) in [4.78, 5) is 38.3. The zero-order chi connectivity index (χ0) is 25.3. The van der Waals surface area contributed by atoms with Crippen molar-refractivity contribution >= 4 is 23.4 Å². The summed E-state index contributed by atoms with van der Waals surface area (Å²) in [5.41, 5.74) is 2.55. The number of amides is 3. The summed E-state index contributed by atoms with van der Waals surface area (Å²) < 4.78 is 13.4. The zero-order valence-corrected chi connectivity index (χ0v) is 19.3. The van der Waals surface area contributed by atoms with Crippen molar-refractivity contribution in [3.05, 3.63) is 137 Å². The van der Waals surface area contributed by atoms with Gasteiger partial charge >= 0.3 is 0 Å². The van der Waals surface area contributed by atoms with Crippen LogP contribution in [-0.2, 0) is 11.3 Å². The number of hydrogen-bond donors (Lipinski definition) is 3. The summed E-state index contributed by atoms with van der Waals surface area (Å²) in [7, 11) is 0. The van der Waals surface area contributed by atoms with Crippen LogP contribution in [0.15, 0.2) is 109 Å². The smallest absolute Gasteiger partial charge is 0.255 e. The van der Waals surface area contributed by atoms with E-state index in [0.717, 1.165) is 11.6 Å². The molecule has 7 heteroatoms. The molecule has 0 saturated carbocycles.